The Balaban J connectivity index is 2.87. The molecule has 0 aromatic heterocycles. The lowest BCUT2D eigenvalue weighted by Gasteiger charge is -2.22. The highest BCUT2D eigenvalue weighted by atomic mass is 19.1. The number of rotatable bonds is 9. The first-order chi connectivity index (χ1) is 12.2. The summed E-state index contributed by atoms with van der Waals surface area (Å²) in [5.74, 6) is -2.24. The molecule has 0 heterocycles. The van der Waals surface area contributed by atoms with Crippen LogP contribution in [0, 0.1) is 5.82 Å². The van der Waals surface area contributed by atoms with Gasteiger partial charge in [0.15, 0.2) is 0 Å². The molecule has 2 amide bonds. The van der Waals surface area contributed by atoms with Crippen molar-refractivity contribution in [3.8, 4) is 0 Å². The van der Waals surface area contributed by atoms with Crippen LogP contribution in [0.2, 0.25) is 0 Å². The molecule has 0 unspecified atom stereocenters. The highest BCUT2D eigenvalue weighted by Crippen LogP contribution is 2.08. The number of esters is 1. The molecule has 0 aliphatic heterocycles. The molecule has 142 valence electrons. The van der Waals surface area contributed by atoms with E-state index in [1.807, 2.05) is 0 Å². The van der Waals surface area contributed by atoms with Crippen molar-refractivity contribution in [3.05, 3.63) is 35.6 Å². The quantitative estimate of drug-likeness (QED) is 0.633. The van der Waals surface area contributed by atoms with Gasteiger partial charge in [0, 0.05) is 19.8 Å². The van der Waals surface area contributed by atoms with Gasteiger partial charge in [-0.1, -0.05) is 12.1 Å². The average molecular weight is 366 g/mol. The average Bonchev–Trinajstić information content (AvgIpc) is 2.58. The maximum Gasteiger partial charge on any atom is 0.328 e. The maximum atomic E-state index is 13.0. The van der Waals surface area contributed by atoms with Crippen molar-refractivity contribution in [2.24, 2.45) is 0 Å². The lowest BCUT2D eigenvalue weighted by atomic mass is 10.0. The van der Waals surface area contributed by atoms with Gasteiger partial charge in [0.2, 0.25) is 11.8 Å². The molecule has 0 aliphatic carbocycles. The van der Waals surface area contributed by atoms with Gasteiger partial charge in [-0.25, -0.2) is 9.18 Å². The summed E-state index contributed by atoms with van der Waals surface area (Å²) in [6, 6.07) is 3.56. The number of amides is 2. The number of Topliss-reactive ketones (excluding diaryl/α,β-unsaturated/α-hetero) is 1. The van der Waals surface area contributed by atoms with Crippen LogP contribution in [0.25, 0.3) is 0 Å². The Morgan fingerprint density at radius 3 is 2.15 bits per heavy atom. The van der Waals surface area contributed by atoms with E-state index >= 15 is 0 Å². The minimum Gasteiger partial charge on any atom is -0.467 e. The minimum atomic E-state index is -0.999. The van der Waals surface area contributed by atoms with Crippen molar-refractivity contribution in [2.75, 3.05) is 7.11 Å². The molecule has 26 heavy (non-hydrogen) atoms. The third-order valence-electron chi connectivity index (χ3n) is 3.63. The third kappa shape index (κ3) is 7.42. The first-order valence-electron chi connectivity index (χ1n) is 8.12. The fourth-order valence-corrected chi connectivity index (χ4v) is 2.32. The number of ether oxygens (including phenoxy) is 1. The minimum absolute atomic E-state index is 0.0943. The number of carbonyl (C=O) groups excluding carboxylic acids is 4. The zero-order valence-electron chi connectivity index (χ0n) is 15.0. The first kappa shape index (κ1) is 21.3. The highest BCUT2D eigenvalue weighted by molar-refractivity contribution is 5.90. The van der Waals surface area contributed by atoms with E-state index < -0.39 is 35.7 Å². The van der Waals surface area contributed by atoms with E-state index in [9.17, 15) is 23.6 Å². The molecule has 7 nitrogen and oxygen atoms in total. The second-order valence-corrected chi connectivity index (χ2v) is 5.91. The van der Waals surface area contributed by atoms with Crippen LogP contribution >= 0.6 is 0 Å². The standard InChI is InChI=1S/C18H23FN2O5/c1-11(22)4-9-15(18(25)26-3)21-17(24)16(20-12(2)23)10-13-5-7-14(19)8-6-13/h5-8,15-16H,4,9-10H2,1-3H3,(H,20,23)(H,21,24)/t15-,16+/m1/s1. The van der Waals surface area contributed by atoms with Gasteiger partial charge < -0.3 is 20.2 Å². The Bertz CT molecular complexity index is 660. The second kappa shape index (κ2) is 10.3. The van der Waals surface area contributed by atoms with Crippen LogP contribution in [-0.4, -0.2) is 42.8 Å². The zero-order valence-corrected chi connectivity index (χ0v) is 15.0. The van der Waals surface area contributed by atoms with E-state index in [4.69, 9.17) is 0 Å². The summed E-state index contributed by atoms with van der Waals surface area (Å²) in [5.41, 5.74) is 0.638. The van der Waals surface area contributed by atoms with Crippen LogP contribution in [0.15, 0.2) is 24.3 Å². The molecule has 1 rings (SSSR count). The van der Waals surface area contributed by atoms with Crippen molar-refractivity contribution >= 4 is 23.6 Å². The van der Waals surface area contributed by atoms with Gasteiger partial charge in [0.25, 0.3) is 0 Å². The Morgan fingerprint density at radius 1 is 1.04 bits per heavy atom. The summed E-state index contributed by atoms with van der Waals surface area (Å²) in [5, 5.41) is 5.01. The molecule has 0 radical (unpaired) electrons. The topological polar surface area (TPSA) is 102 Å². The highest BCUT2D eigenvalue weighted by Gasteiger charge is 2.27. The fraction of sp³-hybridized carbons (Fsp3) is 0.444. The summed E-state index contributed by atoms with van der Waals surface area (Å²) < 4.78 is 17.7. The molecule has 1 aromatic carbocycles. The molecular formula is C18H23FN2O5. The normalized spacial score (nSPS) is 12.6. The van der Waals surface area contributed by atoms with Gasteiger partial charge in [-0.3, -0.25) is 9.59 Å². The number of ketones is 1. The molecule has 0 fully saturated rings. The molecule has 0 saturated heterocycles. The van der Waals surface area contributed by atoms with Gasteiger partial charge in [0.05, 0.1) is 7.11 Å². The predicted molar refractivity (Wildman–Crippen MR) is 91.6 cm³/mol. The van der Waals surface area contributed by atoms with Crippen LogP contribution in [0.5, 0.6) is 0 Å². The molecule has 0 spiro atoms. The molecule has 2 N–H and O–H groups in total. The van der Waals surface area contributed by atoms with E-state index in [1.165, 1.54) is 45.2 Å². The Morgan fingerprint density at radius 2 is 1.65 bits per heavy atom. The number of benzene rings is 1. The van der Waals surface area contributed by atoms with Crippen molar-refractivity contribution in [3.63, 3.8) is 0 Å². The summed E-state index contributed by atoms with van der Waals surface area (Å²) in [6.07, 6.45) is 0.312. The number of carbonyl (C=O) groups is 4. The van der Waals surface area contributed by atoms with E-state index in [0.29, 0.717) is 5.56 Å². The van der Waals surface area contributed by atoms with Crippen molar-refractivity contribution in [1.82, 2.24) is 10.6 Å². The molecule has 2 atom stereocenters. The van der Waals surface area contributed by atoms with Crippen molar-refractivity contribution in [1.29, 1.82) is 0 Å². The van der Waals surface area contributed by atoms with Gasteiger partial charge >= 0.3 is 5.97 Å². The fourth-order valence-electron chi connectivity index (χ4n) is 2.32. The number of halogens is 1. The molecule has 8 heteroatoms. The Hall–Kier alpha value is -2.77. The molecular weight excluding hydrogens is 343 g/mol. The van der Waals surface area contributed by atoms with Crippen molar-refractivity contribution < 1.29 is 28.3 Å². The Labute approximate surface area is 151 Å². The number of hydrogen-bond donors (Lipinski definition) is 2. The van der Waals surface area contributed by atoms with Crippen LogP contribution in [0.1, 0.15) is 32.3 Å². The summed E-state index contributed by atoms with van der Waals surface area (Å²) in [6.45, 7) is 2.64. The van der Waals surface area contributed by atoms with E-state index in [-0.39, 0.29) is 25.0 Å². The summed E-state index contributed by atoms with van der Waals surface area (Å²) >= 11 is 0. The SMILES string of the molecule is COC(=O)[C@@H](CCC(C)=O)NC(=O)[C@H](Cc1ccc(F)cc1)NC(C)=O. The lowest BCUT2D eigenvalue weighted by molar-refractivity contribution is -0.145. The first-order valence-corrected chi connectivity index (χ1v) is 8.12. The summed E-state index contributed by atoms with van der Waals surface area (Å²) in [4.78, 5) is 46.9. The van der Waals surface area contributed by atoms with Crippen LogP contribution < -0.4 is 10.6 Å². The number of hydrogen-bond acceptors (Lipinski definition) is 5. The maximum absolute atomic E-state index is 13.0. The smallest absolute Gasteiger partial charge is 0.328 e. The largest absolute Gasteiger partial charge is 0.467 e. The second-order valence-electron chi connectivity index (χ2n) is 5.91. The predicted octanol–water partition coefficient (Wildman–Crippen LogP) is 0.900. The van der Waals surface area contributed by atoms with Gasteiger partial charge in [-0.15, -0.1) is 0 Å². The van der Waals surface area contributed by atoms with Crippen molar-refractivity contribution in [2.45, 2.75) is 45.2 Å². The van der Waals surface area contributed by atoms with Gasteiger partial charge in [-0.2, -0.15) is 0 Å². The molecule has 0 aliphatic rings. The Kier molecular flexibility index (Phi) is 8.41. The van der Waals surface area contributed by atoms with E-state index in [2.05, 4.69) is 15.4 Å². The van der Waals surface area contributed by atoms with Gasteiger partial charge in [-0.05, 0) is 31.0 Å². The van der Waals surface area contributed by atoms with Crippen LogP contribution in [0.4, 0.5) is 4.39 Å². The molecule has 0 bridgehead atoms. The van der Waals surface area contributed by atoms with E-state index in [1.54, 1.807) is 0 Å². The molecule has 0 saturated carbocycles. The zero-order chi connectivity index (χ0) is 19.7. The van der Waals surface area contributed by atoms with Gasteiger partial charge in [0.1, 0.15) is 23.7 Å². The molecule has 1 aromatic rings. The van der Waals surface area contributed by atoms with Crippen LogP contribution in [0.3, 0.4) is 0 Å². The van der Waals surface area contributed by atoms with Crippen LogP contribution in [-0.2, 0) is 30.3 Å². The summed E-state index contributed by atoms with van der Waals surface area (Å²) in [7, 11) is 1.18. The monoisotopic (exact) mass is 366 g/mol. The third-order valence-corrected chi connectivity index (χ3v) is 3.63. The van der Waals surface area contributed by atoms with E-state index in [0.717, 1.165) is 0 Å². The number of methoxy groups -OCH3 is 1. The lowest BCUT2D eigenvalue weighted by Crippen LogP contribution is -2.52. The number of nitrogens with one attached hydrogen (secondary N) is 2.